The molecule has 6 heteroatoms. The number of carbonyl (C=O) groups is 2. The van der Waals surface area contributed by atoms with Crippen LogP contribution in [-0.4, -0.2) is 17.0 Å². The minimum absolute atomic E-state index is 0.00291. The Kier molecular flexibility index (Phi) is 3.77. The zero-order chi connectivity index (χ0) is 19.3. The molecule has 1 amide bonds. The Hall–Kier alpha value is -3.54. The number of aromatic carboxylic acids is 1. The fourth-order valence-corrected chi connectivity index (χ4v) is 3.51. The first kappa shape index (κ1) is 16.9. The zero-order valence-electron chi connectivity index (χ0n) is 13.9. The van der Waals surface area contributed by atoms with Gasteiger partial charge in [-0.25, -0.2) is 13.6 Å². The number of fused-ring (bicyclic) bond motifs is 3. The molecule has 3 aromatic rings. The molecule has 1 aliphatic carbocycles. The molecule has 0 spiro atoms. The number of nitrogens with two attached hydrogens (primary N) is 1. The molecule has 0 atom stereocenters. The van der Waals surface area contributed by atoms with E-state index < -0.39 is 23.5 Å². The second-order valence-corrected chi connectivity index (χ2v) is 6.37. The third kappa shape index (κ3) is 2.66. The molecule has 0 heterocycles. The molecule has 0 saturated heterocycles. The maximum absolute atomic E-state index is 14.3. The van der Waals surface area contributed by atoms with Gasteiger partial charge in [0.1, 0.15) is 0 Å². The SMILES string of the molecule is NC(=O)c1cc(-c2cccc(F)c2F)cc2c1Cc1ccc(C(=O)O)cc1-2. The predicted molar refractivity (Wildman–Crippen MR) is 95.5 cm³/mol. The molecule has 0 radical (unpaired) electrons. The monoisotopic (exact) mass is 365 g/mol. The van der Waals surface area contributed by atoms with Crippen molar-refractivity contribution in [3.8, 4) is 22.3 Å². The average Bonchev–Trinajstić information content (AvgIpc) is 3.00. The van der Waals surface area contributed by atoms with Crippen molar-refractivity contribution in [1.29, 1.82) is 0 Å². The molecule has 0 unspecified atom stereocenters. The van der Waals surface area contributed by atoms with E-state index in [1.807, 2.05) is 0 Å². The summed E-state index contributed by atoms with van der Waals surface area (Å²) in [6.45, 7) is 0. The lowest BCUT2D eigenvalue weighted by molar-refractivity contribution is 0.0696. The van der Waals surface area contributed by atoms with Gasteiger partial charge in [0.15, 0.2) is 11.6 Å². The van der Waals surface area contributed by atoms with Crippen LogP contribution in [0.5, 0.6) is 0 Å². The fourth-order valence-electron chi connectivity index (χ4n) is 3.51. The molecule has 0 saturated carbocycles. The smallest absolute Gasteiger partial charge is 0.335 e. The van der Waals surface area contributed by atoms with Crippen LogP contribution in [0.15, 0.2) is 48.5 Å². The van der Waals surface area contributed by atoms with E-state index in [0.717, 1.165) is 11.6 Å². The Bertz CT molecular complexity index is 1140. The minimum atomic E-state index is -1.08. The van der Waals surface area contributed by atoms with E-state index in [0.29, 0.717) is 28.7 Å². The Labute approximate surface area is 152 Å². The molecule has 0 aliphatic heterocycles. The Morgan fingerprint density at radius 2 is 1.74 bits per heavy atom. The fraction of sp³-hybridized carbons (Fsp3) is 0.0476. The Balaban J connectivity index is 2.00. The van der Waals surface area contributed by atoms with Crippen LogP contribution in [-0.2, 0) is 6.42 Å². The third-order valence-electron chi connectivity index (χ3n) is 4.79. The first-order chi connectivity index (χ1) is 12.9. The minimum Gasteiger partial charge on any atom is -0.478 e. The topological polar surface area (TPSA) is 80.4 Å². The van der Waals surface area contributed by atoms with Crippen molar-refractivity contribution in [2.45, 2.75) is 6.42 Å². The Morgan fingerprint density at radius 1 is 0.963 bits per heavy atom. The second kappa shape index (κ2) is 6.02. The Morgan fingerprint density at radius 3 is 2.44 bits per heavy atom. The number of carboxylic acid groups (broad SMARTS) is 1. The van der Waals surface area contributed by atoms with Gasteiger partial charge in [-0.1, -0.05) is 18.2 Å². The van der Waals surface area contributed by atoms with Crippen LogP contribution in [0.4, 0.5) is 8.78 Å². The van der Waals surface area contributed by atoms with Gasteiger partial charge in [-0.15, -0.1) is 0 Å². The first-order valence-corrected chi connectivity index (χ1v) is 8.14. The van der Waals surface area contributed by atoms with E-state index >= 15 is 0 Å². The van der Waals surface area contributed by atoms with Gasteiger partial charge in [0.2, 0.25) is 5.91 Å². The highest BCUT2D eigenvalue weighted by Gasteiger charge is 2.26. The van der Waals surface area contributed by atoms with Gasteiger partial charge in [0.25, 0.3) is 0 Å². The summed E-state index contributed by atoms with van der Waals surface area (Å²) in [7, 11) is 0. The van der Waals surface area contributed by atoms with E-state index in [4.69, 9.17) is 5.73 Å². The summed E-state index contributed by atoms with van der Waals surface area (Å²) in [5, 5.41) is 9.24. The van der Waals surface area contributed by atoms with Crippen molar-refractivity contribution in [1.82, 2.24) is 0 Å². The summed E-state index contributed by atoms with van der Waals surface area (Å²) in [5.74, 6) is -3.78. The zero-order valence-corrected chi connectivity index (χ0v) is 13.9. The average molecular weight is 365 g/mol. The molecule has 0 aromatic heterocycles. The number of hydrogen-bond donors (Lipinski definition) is 2. The molecule has 0 bridgehead atoms. The maximum atomic E-state index is 14.3. The molecule has 134 valence electrons. The predicted octanol–water partition coefficient (Wildman–Crippen LogP) is 4.00. The van der Waals surface area contributed by atoms with Crippen LogP contribution >= 0.6 is 0 Å². The molecule has 3 aromatic carbocycles. The molecule has 1 aliphatic rings. The molecule has 27 heavy (non-hydrogen) atoms. The van der Waals surface area contributed by atoms with Gasteiger partial charge in [0, 0.05) is 11.1 Å². The van der Waals surface area contributed by atoms with E-state index in [2.05, 4.69) is 0 Å². The van der Waals surface area contributed by atoms with E-state index in [1.54, 1.807) is 12.1 Å². The highest BCUT2D eigenvalue weighted by molar-refractivity contribution is 6.01. The summed E-state index contributed by atoms with van der Waals surface area (Å²) in [6.07, 6.45) is 0.411. The highest BCUT2D eigenvalue weighted by Crippen LogP contribution is 2.42. The molecule has 3 N–H and O–H groups in total. The van der Waals surface area contributed by atoms with E-state index in [-0.39, 0.29) is 16.7 Å². The van der Waals surface area contributed by atoms with Gasteiger partial charge >= 0.3 is 5.97 Å². The summed E-state index contributed by atoms with van der Waals surface area (Å²) >= 11 is 0. The largest absolute Gasteiger partial charge is 0.478 e. The van der Waals surface area contributed by atoms with E-state index in [9.17, 15) is 23.5 Å². The molecular formula is C21H13F2NO3. The summed E-state index contributed by atoms with van der Waals surface area (Å²) in [6, 6.07) is 11.6. The lowest BCUT2D eigenvalue weighted by atomic mass is 9.93. The molecule has 4 rings (SSSR count). The number of carbonyl (C=O) groups excluding carboxylic acids is 1. The first-order valence-electron chi connectivity index (χ1n) is 8.14. The molecule has 4 nitrogen and oxygen atoms in total. The van der Waals surface area contributed by atoms with Crippen LogP contribution < -0.4 is 5.73 Å². The maximum Gasteiger partial charge on any atom is 0.335 e. The highest BCUT2D eigenvalue weighted by atomic mass is 19.2. The van der Waals surface area contributed by atoms with Gasteiger partial charge in [0.05, 0.1) is 5.56 Å². The number of halogens is 2. The number of rotatable bonds is 3. The number of carboxylic acids is 1. The van der Waals surface area contributed by atoms with Crippen molar-refractivity contribution >= 4 is 11.9 Å². The number of benzene rings is 3. The standard InChI is InChI=1S/C21H13F2NO3/c22-18-3-1-2-13(19(18)23)12-8-15-14-7-11(21(26)27)5-4-10(14)6-16(15)17(9-12)20(24)25/h1-5,7-9H,6H2,(H2,24,25)(H,26,27). The lowest BCUT2D eigenvalue weighted by Crippen LogP contribution is -2.14. The van der Waals surface area contributed by atoms with Crippen molar-refractivity contribution in [2.24, 2.45) is 5.73 Å². The lowest BCUT2D eigenvalue weighted by Gasteiger charge is -2.11. The molecule has 0 fully saturated rings. The van der Waals surface area contributed by atoms with Crippen LogP contribution in [0.1, 0.15) is 31.8 Å². The quantitative estimate of drug-likeness (QED) is 0.576. The third-order valence-corrected chi connectivity index (χ3v) is 4.79. The van der Waals surface area contributed by atoms with Crippen molar-refractivity contribution in [3.05, 3.63) is 82.4 Å². The summed E-state index contributed by atoms with van der Waals surface area (Å²) in [5.41, 5.74) is 8.86. The number of amides is 1. The van der Waals surface area contributed by atoms with Crippen LogP contribution in [0, 0.1) is 11.6 Å². The van der Waals surface area contributed by atoms with Crippen molar-refractivity contribution < 1.29 is 23.5 Å². The summed E-state index contributed by atoms with van der Waals surface area (Å²) in [4.78, 5) is 23.3. The van der Waals surface area contributed by atoms with Gasteiger partial charge in [-0.3, -0.25) is 4.79 Å². The number of hydrogen-bond acceptors (Lipinski definition) is 2. The summed E-state index contributed by atoms with van der Waals surface area (Å²) < 4.78 is 27.9. The normalized spacial score (nSPS) is 11.8. The molecular weight excluding hydrogens is 352 g/mol. The van der Waals surface area contributed by atoms with Crippen molar-refractivity contribution in [3.63, 3.8) is 0 Å². The van der Waals surface area contributed by atoms with Crippen LogP contribution in [0.25, 0.3) is 22.3 Å². The van der Waals surface area contributed by atoms with Crippen LogP contribution in [0.2, 0.25) is 0 Å². The van der Waals surface area contributed by atoms with E-state index in [1.165, 1.54) is 30.3 Å². The second-order valence-electron chi connectivity index (χ2n) is 6.37. The van der Waals surface area contributed by atoms with Crippen LogP contribution in [0.3, 0.4) is 0 Å². The van der Waals surface area contributed by atoms with Crippen molar-refractivity contribution in [2.75, 3.05) is 0 Å². The van der Waals surface area contributed by atoms with Gasteiger partial charge in [-0.05, 0) is 64.6 Å². The van der Waals surface area contributed by atoms with Gasteiger partial charge < -0.3 is 10.8 Å². The van der Waals surface area contributed by atoms with Gasteiger partial charge in [-0.2, -0.15) is 0 Å². The number of primary amides is 1.